The van der Waals surface area contributed by atoms with Gasteiger partial charge in [-0.25, -0.2) is 0 Å². The van der Waals surface area contributed by atoms with E-state index in [9.17, 15) is 4.79 Å². The monoisotopic (exact) mass is 305 g/mol. The Morgan fingerprint density at radius 3 is 2.43 bits per heavy atom. The standard InChI is InChI=1S/C20H19NO2/c22-19-18-16(11-12-21-19)14-23-20(18,17-9-5-2-6-10-17)13-15-7-3-1-4-8-15/h1-10H,11-14H2,(H,21,22). The van der Waals surface area contributed by atoms with Gasteiger partial charge in [0.1, 0.15) is 5.60 Å². The lowest BCUT2D eigenvalue weighted by Gasteiger charge is -2.33. The Kier molecular flexibility index (Phi) is 3.50. The van der Waals surface area contributed by atoms with E-state index >= 15 is 0 Å². The lowest BCUT2D eigenvalue weighted by Crippen LogP contribution is -2.41. The van der Waals surface area contributed by atoms with Crippen molar-refractivity contribution >= 4 is 5.91 Å². The highest BCUT2D eigenvalue weighted by molar-refractivity contribution is 5.98. The molecule has 2 aromatic rings. The van der Waals surface area contributed by atoms with Gasteiger partial charge in [0.25, 0.3) is 5.91 Å². The Hall–Kier alpha value is -2.39. The minimum atomic E-state index is -0.678. The highest BCUT2D eigenvalue weighted by atomic mass is 16.5. The lowest BCUT2D eigenvalue weighted by molar-refractivity contribution is -0.120. The fraction of sp³-hybridized carbons (Fsp3) is 0.250. The largest absolute Gasteiger partial charge is 0.361 e. The van der Waals surface area contributed by atoms with Crippen LogP contribution in [0.2, 0.25) is 0 Å². The number of hydrogen-bond acceptors (Lipinski definition) is 2. The normalized spacial score (nSPS) is 23.6. The van der Waals surface area contributed by atoms with Crippen molar-refractivity contribution in [3.63, 3.8) is 0 Å². The first-order valence-electron chi connectivity index (χ1n) is 8.04. The molecule has 0 saturated heterocycles. The van der Waals surface area contributed by atoms with Crippen molar-refractivity contribution in [2.45, 2.75) is 18.4 Å². The van der Waals surface area contributed by atoms with Crippen molar-refractivity contribution in [2.75, 3.05) is 13.2 Å². The summed E-state index contributed by atoms with van der Waals surface area (Å²) >= 11 is 0. The van der Waals surface area contributed by atoms with Crippen molar-refractivity contribution in [3.8, 4) is 0 Å². The van der Waals surface area contributed by atoms with E-state index in [1.807, 2.05) is 36.4 Å². The highest BCUT2D eigenvalue weighted by Gasteiger charge is 2.47. The number of amides is 1. The second-order valence-corrected chi connectivity index (χ2v) is 6.13. The SMILES string of the molecule is O=C1NCCC2=C1C(Cc1ccccc1)(c1ccccc1)OC2. The molecule has 0 saturated carbocycles. The maximum Gasteiger partial charge on any atom is 0.250 e. The molecule has 0 fully saturated rings. The van der Waals surface area contributed by atoms with Crippen LogP contribution in [-0.4, -0.2) is 19.1 Å². The lowest BCUT2D eigenvalue weighted by atomic mass is 9.78. The summed E-state index contributed by atoms with van der Waals surface area (Å²) in [6, 6.07) is 20.4. The molecule has 0 aliphatic carbocycles. The van der Waals surface area contributed by atoms with Crippen molar-refractivity contribution in [1.29, 1.82) is 0 Å². The maximum atomic E-state index is 12.6. The van der Waals surface area contributed by atoms with Gasteiger partial charge in [0.15, 0.2) is 0 Å². The van der Waals surface area contributed by atoms with Gasteiger partial charge in [0.05, 0.1) is 12.2 Å². The summed E-state index contributed by atoms with van der Waals surface area (Å²) in [5.74, 6) is 0.0172. The van der Waals surface area contributed by atoms with Crippen molar-refractivity contribution in [2.24, 2.45) is 0 Å². The zero-order valence-corrected chi connectivity index (χ0v) is 12.9. The second kappa shape index (κ2) is 5.67. The third-order valence-electron chi connectivity index (χ3n) is 4.73. The molecule has 23 heavy (non-hydrogen) atoms. The number of hydrogen-bond donors (Lipinski definition) is 1. The third-order valence-corrected chi connectivity index (χ3v) is 4.73. The average molecular weight is 305 g/mol. The van der Waals surface area contributed by atoms with Gasteiger partial charge in [-0.2, -0.15) is 0 Å². The molecule has 0 spiro atoms. The molecule has 1 amide bonds. The molecule has 2 heterocycles. The molecule has 2 aliphatic heterocycles. The zero-order chi connectivity index (χ0) is 15.7. The first kappa shape index (κ1) is 14.2. The van der Waals surface area contributed by atoms with Crippen LogP contribution >= 0.6 is 0 Å². The van der Waals surface area contributed by atoms with Crippen LogP contribution < -0.4 is 5.32 Å². The van der Waals surface area contributed by atoms with E-state index in [4.69, 9.17) is 4.74 Å². The molecule has 2 aliphatic rings. The highest BCUT2D eigenvalue weighted by Crippen LogP contribution is 2.45. The Bertz CT molecular complexity index is 752. The van der Waals surface area contributed by atoms with Gasteiger partial charge in [-0.3, -0.25) is 4.79 Å². The van der Waals surface area contributed by atoms with E-state index in [-0.39, 0.29) is 5.91 Å². The molecule has 0 radical (unpaired) electrons. The van der Waals surface area contributed by atoms with Gasteiger partial charge in [-0.1, -0.05) is 60.7 Å². The van der Waals surface area contributed by atoms with Crippen molar-refractivity contribution in [1.82, 2.24) is 5.32 Å². The number of carbonyl (C=O) groups excluding carboxylic acids is 1. The molecule has 1 unspecified atom stereocenters. The van der Waals surface area contributed by atoms with Crippen LogP contribution in [0.15, 0.2) is 71.8 Å². The quantitative estimate of drug-likeness (QED) is 0.947. The fourth-order valence-corrected chi connectivity index (χ4v) is 3.66. The molecular weight excluding hydrogens is 286 g/mol. The van der Waals surface area contributed by atoms with Crippen LogP contribution in [0.25, 0.3) is 0 Å². The number of rotatable bonds is 3. The molecule has 0 bridgehead atoms. The molecule has 4 rings (SSSR count). The molecule has 1 atom stereocenters. The molecule has 3 nitrogen and oxygen atoms in total. The van der Waals surface area contributed by atoms with Gasteiger partial charge < -0.3 is 10.1 Å². The zero-order valence-electron chi connectivity index (χ0n) is 12.9. The Morgan fingerprint density at radius 2 is 1.70 bits per heavy atom. The van der Waals surface area contributed by atoms with Gasteiger partial charge in [-0.15, -0.1) is 0 Å². The number of benzene rings is 2. The maximum absolute atomic E-state index is 12.6. The van der Waals surface area contributed by atoms with E-state index in [1.165, 1.54) is 5.56 Å². The summed E-state index contributed by atoms with van der Waals surface area (Å²) < 4.78 is 6.31. The van der Waals surface area contributed by atoms with Crippen LogP contribution in [0.1, 0.15) is 17.5 Å². The van der Waals surface area contributed by atoms with Crippen molar-refractivity contribution < 1.29 is 9.53 Å². The summed E-state index contributed by atoms with van der Waals surface area (Å²) in [7, 11) is 0. The minimum absolute atomic E-state index is 0.0172. The van der Waals surface area contributed by atoms with E-state index in [1.54, 1.807) is 0 Å². The summed E-state index contributed by atoms with van der Waals surface area (Å²) in [5.41, 5.74) is 3.50. The predicted octanol–water partition coefficient (Wildman–Crippen LogP) is 2.97. The number of carbonyl (C=O) groups is 1. The van der Waals surface area contributed by atoms with Crippen LogP contribution in [0.3, 0.4) is 0 Å². The van der Waals surface area contributed by atoms with Gasteiger partial charge in [0.2, 0.25) is 0 Å². The van der Waals surface area contributed by atoms with Crippen LogP contribution in [0, 0.1) is 0 Å². The second-order valence-electron chi connectivity index (χ2n) is 6.13. The Morgan fingerprint density at radius 1 is 1.00 bits per heavy atom. The molecule has 2 aromatic carbocycles. The van der Waals surface area contributed by atoms with Gasteiger partial charge in [-0.05, 0) is 23.1 Å². The predicted molar refractivity (Wildman–Crippen MR) is 88.9 cm³/mol. The topological polar surface area (TPSA) is 38.3 Å². The first-order valence-corrected chi connectivity index (χ1v) is 8.04. The molecule has 0 aromatic heterocycles. The number of nitrogens with one attached hydrogen (secondary N) is 1. The third kappa shape index (κ3) is 2.37. The smallest absolute Gasteiger partial charge is 0.250 e. The van der Waals surface area contributed by atoms with Crippen LogP contribution in [0.5, 0.6) is 0 Å². The Labute approximate surface area is 136 Å². The fourth-order valence-electron chi connectivity index (χ4n) is 3.66. The molecule has 3 heteroatoms. The Balaban J connectivity index is 1.86. The number of ether oxygens (including phenoxy) is 1. The summed E-state index contributed by atoms with van der Waals surface area (Å²) in [4.78, 5) is 12.6. The summed E-state index contributed by atoms with van der Waals surface area (Å²) in [6.45, 7) is 1.25. The summed E-state index contributed by atoms with van der Waals surface area (Å²) in [5, 5.41) is 2.99. The van der Waals surface area contributed by atoms with Crippen molar-refractivity contribution in [3.05, 3.63) is 82.9 Å². The van der Waals surface area contributed by atoms with Crippen LogP contribution in [0.4, 0.5) is 0 Å². The van der Waals surface area contributed by atoms with E-state index in [2.05, 4.69) is 29.6 Å². The van der Waals surface area contributed by atoms with E-state index in [0.717, 1.165) is 23.1 Å². The average Bonchev–Trinajstić information content (AvgIpc) is 2.98. The van der Waals surface area contributed by atoms with Gasteiger partial charge in [0, 0.05) is 13.0 Å². The molecule has 1 N–H and O–H groups in total. The van der Waals surface area contributed by atoms with E-state index < -0.39 is 5.60 Å². The van der Waals surface area contributed by atoms with Crippen LogP contribution in [-0.2, 0) is 21.6 Å². The molecular formula is C20H19NO2. The summed E-state index contributed by atoms with van der Waals surface area (Å²) in [6.07, 6.45) is 1.55. The first-order chi connectivity index (χ1) is 11.3. The van der Waals surface area contributed by atoms with E-state index in [0.29, 0.717) is 19.6 Å². The minimum Gasteiger partial charge on any atom is -0.361 e. The van der Waals surface area contributed by atoms with Gasteiger partial charge >= 0.3 is 0 Å². The molecule has 116 valence electrons.